The van der Waals surface area contributed by atoms with Crippen LogP contribution in [0.3, 0.4) is 0 Å². The molecule has 4 nitrogen and oxygen atoms in total. The average Bonchev–Trinajstić information content (AvgIpc) is 2.34. The minimum Gasteiger partial charge on any atom is -0.494 e. The molecule has 0 unspecified atom stereocenters. The fourth-order valence-corrected chi connectivity index (χ4v) is 2.45. The van der Waals surface area contributed by atoms with Crippen molar-refractivity contribution < 1.29 is 19.4 Å². The third-order valence-corrected chi connectivity index (χ3v) is 3.58. The number of carboxylic acid groups (broad SMARTS) is 1. The van der Waals surface area contributed by atoms with Gasteiger partial charge in [0.05, 0.1) is 19.8 Å². The molecule has 0 atom stereocenters. The van der Waals surface area contributed by atoms with Gasteiger partial charge in [-0.3, -0.25) is 4.79 Å². The normalized spacial score (nSPS) is 16.7. The molecule has 4 heteroatoms. The maximum Gasteiger partial charge on any atom is 0.303 e. The number of hydrogen-bond acceptors (Lipinski definition) is 3. The van der Waals surface area contributed by atoms with Crippen LogP contribution in [0.2, 0.25) is 0 Å². The number of carboxylic acids is 1. The van der Waals surface area contributed by atoms with Crippen molar-refractivity contribution in [3.8, 4) is 5.75 Å². The minimum absolute atomic E-state index is 0.000193. The van der Waals surface area contributed by atoms with Crippen molar-refractivity contribution in [2.45, 2.75) is 31.6 Å². The topological polar surface area (TPSA) is 55.8 Å². The van der Waals surface area contributed by atoms with E-state index in [9.17, 15) is 4.79 Å². The number of ether oxygens (including phenoxy) is 2. The molecule has 1 aromatic carbocycles. The van der Waals surface area contributed by atoms with E-state index in [0.29, 0.717) is 26.2 Å². The van der Waals surface area contributed by atoms with Crippen molar-refractivity contribution in [1.82, 2.24) is 0 Å². The lowest BCUT2D eigenvalue weighted by Crippen LogP contribution is -2.46. The summed E-state index contributed by atoms with van der Waals surface area (Å²) in [6.07, 6.45) is 1.76. The molecule has 0 aromatic heterocycles. The van der Waals surface area contributed by atoms with Crippen LogP contribution in [0.15, 0.2) is 24.3 Å². The maximum absolute atomic E-state index is 10.6. The van der Waals surface area contributed by atoms with Crippen LogP contribution in [-0.2, 0) is 14.9 Å². The summed E-state index contributed by atoms with van der Waals surface area (Å²) in [6.45, 7) is 3.98. The predicted molar refractivity (Wildman–Crippen MR) is 71.6 cm³/mol. The Morgan fingerprint density at radius 1 is 1.37 bits per heavy atom. The third-order valence-electron chi connectivity index (χ3n) is 3.58. The molecule has 19 heavy (non-hydrogen) atoms. The molecule has 1 aliphatic rings. The minimum atomic E-state index is -0.734. The molecule has 0 radical (unpaired) electrons. The van der Waals surface area contributed by atoms with Crippen molar-refractivity contribution in [3.05, 3.63) is 29.8 Å². The van der Waals surface area contributed by atoms with E-state index in [1.807, 2.05) is 19.1 Å². The highest BCUT2D eigenvalue weighted by Crippen LogP contribution is 2.37. The van der Waals surface area contributed by atoms with E-state index in [-0.39, 0.29) is 11.8 Å². The Labute approximate surface area is 113 Å². The fraction of sp³-hybridized carbons (Fsp3) is 0.533. The summed E-state index contributed by atoms with van der Waals surface area (Å²) in [5.41, 5.74) is 1.22. The van der Waals surface area contributed by atoms with Gasteiger partial charge in [-0.15, -0.1) is 0 Å². The molecule has 1 aromatic rings. The Hall–Kier alpha value is -1.55. The molecule has 104 valence electrons. The molecule has 0 spiro atoms. The van der Waals surface area contributed by atoms with Gasteiger partial charge in [0.25, 0.3) is 0 Å². The van der Waals surface area contributed by atoms with E-state index in [1.54, 1.807) is 0 Å². The van der Waals surface area contributed by atoms with Crippen LogP contribution in [0.25, 0.3) is 0 Å². The molecule has 1 saturated heterocycles. The Bertz CT molecular complexity index is 420. The largest absolute Gasteiger partial charge is 0.494 e. The van der Waals surface area contributed by atoms with Gasteiger partial charge in [0.15, 0.2) is 0 Å². The van der Waals surface area contributed by atoms with Crippen molar-refractivity contribution in [2.75, 3.05) is 19.8 Å². The third kappa shape index (κ3) is 3.26. The number of hydrogen-bond donors (Lipinski definition) is 1. The van der Waals surface area contributed by atoms with E-state index in [0.717, 1.165) is 12.2 Å². The molecule has 1 heterocycles. The summed E-state index contributed by atoms with van der Waals surface area (Å²) < 4.78 is 10.8. The van der Waals surface area contributed by atoms with Crippen LogP contribution in [0.5, 0.6) is 5.75 Å². The molecule has 0 bridgehead atoms. The highest BCUT2D eigenvalue weighted by atomic mass is 16.5. The zero-order chi connectivity index (χ0) is 13.7. The second-order valence-electron chi connectivity index (χ2n) is 4.98. The smallest absolute Gasteiger partial charge is 0.303 e. The van der Waals surface area contributed by atoms with Gasteiger partial charge < -0.3 is 14.6 Å². The Kier molecular flexibility index (Phi) is 4.43. The lowest BCUT2D eigenvalue weighted by molar-refractivity contribution is -0.137. The van der Waals surface area contributed by atoms with Gasteiger partial charge >= 0.3 is 5.97 Å². The average molecular weight is 264 g/mol. The highest BCUT2D eigenvalue weighted by Gasteiger charge is 2.39. The van der Waals surface area contributed by atoms with Gasteiger partial charge in [-0.05, 0) is 37.5 Å². The fourth-order valence-electron chi connectivity index (χ4n) is 2.45. The molecular formula is C15H20O4. The van der Waals surface area contributed by atoms with Crippen LogP contribution < -0.4 is 4.74 Å². The van der Waals surface area contributed by atoms with E-state index >= 15 is 0 Å². The zero-order valence-corrected chi connectivity index (χ0v) is 11.2. The summed E-state index contributed by atoms with van der Waals surface area (Å²) in [6, 6.07) is 8.06. The van der Waals surface area contributed by atoms with Gasteiger partial charge in [0.1, 0.15) is 5.75 Å². The lowest BCUT2D eigenvalue weighted by Gasteiger charge is -2.42. The van der Waals surface area contributed by atoms with E-state index < -0.39 is 5.97 Å². The van der Waals surface area contributed by atoms with E-state index in [1.165, 1.54) is 5.56 Å². The second kappa shape index (κ2) is 6.06. The van der Waals surface area contributed by atoms with Gasteiger partial charge in [0.2, 0.25) is 0 Å². The van der Waals surface area contributed by atoms with Gasteiger partial charge in [-0.2, -0.15) is 0 Å². The van der Waals surface area contributed by atoms with Crippen LogP contribution >= 0.6 is 0 Å². The monoisotopic (exact) mass is 264 g/mol. The standard InChI is InChI=1S/C15H20O4/c1-2-19-13-7-5-12(6-8-13)15(10-18-11-15)9-3-4-14(16)17/h5-8H,2-4,9-11H2,1H3,(H,16,17). The number of aliphatic carboxylic acids is 1. The van der Waals surface area contributed by atoms with Gasteiger partial charge in [0, 0.05) is 11.8 Å². The summed E-state index contributed by atoms with van der Waals surface area (Å²) in [4.78, 5) is 10.6. The highest BCUT2D eigenvalue weighted by molar-refractivity contribution is 5.66. The second-order valence-corrected chi connectivity index (χ2v) is 4.98. The van der Waals surface area contributed by atoms with E-state index in [4.69, 9.17) is 14.6 Å². The molecule has 0 aliphatic carbocycles. The maximum atomic E-state index is 10.6. The number of rotatable bonds is 7. The Morgan fingerprint density at radius 2 is 2.05 bits per heavy atom. The van der Waals surface area contributed by atoms with Crippen LogP contribution in [0.4, 0.5) is 0 Å². The van der Waals surface area contributed by atoms with Crippen molar-refractivity contribution in [2.24, 2.45) is 0 Å². The molecule has 0 saturated carbocycles. The molecule has 1 fully saturated rings. The first kappa shape index (κ1) is 13.9. The van der Waals surface area contributed by atoms with Crippen LogP contribution in [0.1, 0.15) is 31.7 Å². The summed E-state index contributed by atoms with van der Waals surface area (Å²) in [5, 5.41) is 8.72. The van der Waals surface area contributed by atoms with Crippen LogP contribution in [0, 0.1) is 0 Å². The molecule has 1 N–H and O–H groups in total. The summed E-state index contributed by atoms with van der Waals surface area (Å²) in [7, 11) is 0. The first-order valence-corrected chi connectivity index (χ1v) is 6.69. The summed E-state index contributed by atoms with van der Waals surface area (Å²) >= 11 is 0. The molecule has 0 amide bonds. The Balaban J connectivity index is 2.01. The quantitative estimate of drug-likeness (QED) is 0.822. The molecule has 1 aliphatic heterocycles. The lowest BCUT2D eigenvalue weighted by atomic mass is 9.75. The summed E-state index contributed by atoms with van der Waals surface area (Å²) in [5.74, 6) is 0.134. The van der Waals surface area contributed by atoms with Gasteiger partial charge in [-0.1, -0.05) is 12.1 Å². The molecule has 2 rings (SSSR count). The number of benzene rings is 1. The SMILES string of the molecule is CCOc1ccc(C2(CCCC(=O)O)COC2)cc1. The zero-order valence-electron chi connectivity index (χ0n) is 11.2. The van der Waals surface area contributed by atoms with Crippen LogP contribution in [-0.4, -0.2) is 30.9 Å². The first-order valence-electron chi connectivity index (χ1n) is 6.69. The number of carbonyl (C=O) groups is 1. The first-order chi connectivity index (χ1) is 9.16. The van der Waals surface area contributed by atoms with Crippen molar-refractivity contribution in [3.63, 3.8) is 0 Å². The van der Waals surface area contributed by atoms with Crippen molar-refractivity contribution >= 4 is 5.97 Å². The molecular weight excluding hydrogens is 244 g/mol. The predicted octanol–water partition coefficient (Wildman–Crippen LogP) is 2.61. The Morgan fingerprint density at radius 3 is 2.53 bits per heavy atom. The van der Waals surface area contributed by atoms with Crippen molar-refractivity contribution in [1.29, 1.82) is 0 Å². The van der Waals surface area contributed by atoms with Gasteiger partial charge in [-0.25, -0.2) is 0 Å². The van der Waals surface area contributed by atoms with E-state index in [2.05, 4.69) is 12.1 Å².